The number of nitrogens with zero attached hydrogens (tertiary/aromatic N) is 3. The number of esters is 1. The Balaban J connectivity index is 2.14. The summed E-state index contributed by atoms with van der Waals surface area (Å²) in [6.45, 7) is 3.93. The van der Waals surface area contributed by atoms with Crippen LogP contribution in [-0.4, -0.2) is 52.5 Å². The number of rotatable bonds is 14. The smallest absolute Gasteiger partial charge is 0.306 e. The molecule has 2 rings (SSSR count). The number of aryl methyl sites for hydroxylation is 2. The van der Waals surface area contributed by atoms with Crippen LogP contribution in [0.15, 0.2) is 56.6 Å². The number of amidine groups is 2. The molecule has 38 heavy (non-hydrogen) atoms. The summed E-state index contributed by atoms with van der Waals surface area (Å²) in [4.78, 5) is 34.1. The molecule has 2 aromatic rings. The van der Waals surface area contributed by atoms with E-state index in [-0.39, 0.29) is 56.6 Å². The van der Waals surface area contributed by atoms with Crippen LogP contribution in [0.2, 0.25) is 0 Å². The fraction of sp³-hybridized carbons (Fsp3) is 0.375. The van der Waals surface area contributed by atoms with E-state index in [1.807, 2.05) is 32.0 Å². The summed E-state index contributed by atoms with van der Waals surface area (Å²) in [5.74, 6) is -1.39. The maximum atomic E-state index is 14.6. The van der Waals surface area contributed by atoms with Crippen molar-refractivity contribution in [1.82, 2.24) is 0 Å². The van der Waals surface area contributed by atoms with Crippen molar-refractivity contribution in [3.05, 3.63) is 63.8 Å². The molecular formula is C24H30FN5O7S. The zero-order chi connectivity index (χ0) is 28.1. The van der Waals surface area contributed by atoms with Gasteiger partial charge < -0.3 is 20.0 Å². The number of halogens is 1. The molecule has 0 amide bonds. The number of nitrogens with two attached hydrogens (primary N) is 2. The van der Waals surface area contributed by atoms with Crippen molar-refractivity contribution < 1.29 is 31.9 Å². The monoisotopic (exact) mass is 551 g/mol. The minimum absolute atomic E-state index is 0.0209. The average molecular weight is 552 g/mol. The maximum absolute atomic E-state index is 14.6. The summed E-state index contributed by atoms with van der Waals surface area (Å²) < 4.78 is 47.9. The summed E-state index contributed by atoms with van der Waals surface area (Å²) in [5, 5.41) is 7.29. The number of primary sulfonamides is 1. The normalized spacial score (nSPS) is 12.3. The quantitative estimate of drug-likeness (QED) is 0.0896. The number of benzene rings is 2. The fourth-order valence-corrected chi connectivity index (χ4v) is 3.66. The van der Waals surface area contributed by atoms with Gasteiger partial charge in [0, 0.05) is 19.4 Å². The largest absolute Gasteiger partial charge is 0.458 e. The van der Waals surface area contributed by atoms with Crippen LogP contribution in [-0.2, 0) is 35.5 Å². The lowest BCUT2D eigenvalue weighted by atomic mass is 10.0. The predicted octanol–water partition coefficient (Wildman–Crippen LogP) is 2.76. The van der Waals surface area contributed by atoms with Crippen LogP contribution in [0.3, 0.4) is 0 Å². The summed E-state index contributed by atoms with van der Waals surface area (Å²) in [7, 11) is -4.09. The van der Waals surface area contributed by atoms with Gasteiger partial charge in [0.15, 0.2) is 5.34 Å². The lowest BCUT2D eigenvalue weighted by Crippen LogP contribution is -2.23. The third-order valence-electron chi connectivity index (χ3n) is 5.05. The van der Waals surface area contributed by atoms with Crippen molar-refractivity contribution in [1.29, 1.82) is 0 Å². The number of carbonyl (C=O) groups is 1. The molecule has 2 aromatic carbocycles. The van der Waals surface area contributed by atoms with Crippen LogP contribution in [0.1, 0.15) is 29.5 Å². The van der Waals surface area contributed by atoms with Crippen molar-refractivity contribution in [3.63, 3.8) is 0 Å². The van der Waals surface area contributed by atoms with Gasteiger partial charge in [-0.25, -0.2) is 27.9 Å². The van der Waals surface area contributed by atoms with Gasteiger partial charge >= 0.3 is 5.97 Å². The lowest BCUT2D eigenvalue weighted by Gasteiger charge is -2.10. The third-order valence-corrected chi connectivity index (χ3v) is 5.96. The van der Waals surface area contributed by atoms with E-state index in [4.69, 9.17) is 20.3 Å². The van der Waals surface area contributed by atoms with Gasteiger partial charge in [0.1, 0.15) is 36.4 Å². The van der Waals surface area contributed by atoms with Gasteiger partial charge in [-0.3, -0.25) is 4.79 Å². The maximum Gasteiger partial charge on any atom is 0.306 e. The highest BCUT2D eigenvalue weighted by molar-refractivity contribution is 7.89. The molecule has 0 heterocycles. The van der Waals surface area contributed by atoms with E-state index < -0.39 is 26.7 Å². The number of carbonyl (C=O) groups excluding carboxylic acids is 1. The molecule has 0 atom stereocenters. The minimum Gasteiger partial charge on any atom is -0.458 e. The fourth-order valence-electron chi connectivity index (χ4n) is 3.14. The molecule has 0 aliphatic heterocycles. The second kappa shape index (κ2) is 14.9. The van der Waals surface area contributed by atoms with Crippen LogP contribution in [0.25, 0.3) is 0 Å². The zero-order valence-electron chi connectivity index (χ0n) is 21.1. The van der Waals surface area contributed by atoms with Crippen LogP contribution in [0.5, 0.6) is 0 Å². The minimum atomic E-state index is -4.09. The van der Waals surface area contributed by atoms with Gasteiger partial charge in [-0.1, -0.05) is 23.8 Å². The van der Waals surface area contributed by atoms with Gasteiger partial charge in [-0.2, -0.15) is 0 Å². The van der Waals surface area contributed by atoms with Gasteiger partial charge in [-0.05, 0) is 49.6 Å². The first kappa shape index (κ1) is 30.5. The molecule has 0 saturated carbocycles. The number of hydrogen-bond acceptors (Lipinski definition) is 9. The van der Waals surface area contributed by atoms with Crippen LogP contribution in [0.4, 0.5) is 10.1 Å². The highest BCUT2D eigenvalue weighted by Crippen LogP contribution is 2.22. The molecule has 206 valence electrons. The van der Waals surface area contributed by atoms with Gasteiger partial charge in [-0.15, -0.1) is 4.91 Å². The Morgan fingerprint density at radius 3 is 2.53 bits per heavy atom. The Bertz CT molecular complexity index is 1300. The first-order valence-electron chi connectivity index (χ1n) is 11.5. The predicted molar refractivity (Wildman–Crippen MR) is 139 cm³/mol. The Morgan fingerprint density at radius 2 is 1.84 bits per heavy atom. The van der Waals surface area contributed by atoms with E-state index in [2.05, 4.69) is 20.2 Å². The summed E-state index contributed by atoms with van der Waals surface area (Å²) in [6, 6.07) is 8.88. The zero-order valence-corrected chi connectivity index (χ0v) is 21.9. The summed E-state index contributed by atoms with van der Waals surface area (Å²) in [5.41, 5.74) is 8.62. The molecule has 12 nitrogen and oxygen atoms in total. The Morgan fingerprint density at radius 1 is 1.08 bits per heavy atom. The van der Waals surface area contributed by atoms with E-state index in [1.54, 1.807) is 0 Å². The molecule has 0 radical (unpaired) electrons. The van der Waals surface area contributed by atoms with E-state index in [1.165, 1.54) is 6.07 Å². The highest BCUT2D eigenvalue weighted by Gasteiger charge is 2.13. The van der Waals surface area contributed by atoms with E-state index in [0.29, 0.717) is 6.42 Å². The SMILES string of the molecule is Cc1ccc(C)c(CC(N=C(N)COC(=O)CCCOCCON=O)=Nc2ccc(S(N)(=O)=O)cc2F)c1. The Hall–Kier alpha value is -3.75. The number of hydrogen-bond donors (Lipinski definition) is 2. The second-order valence-corrected chi connectivity index (χ2v) is 9.74. The molecule has 0 aliphatic carbocycles. The summed E-state index contributed by atoms with van der Waals surface area (Å²) in [6.07, 6.45) is 0.613. The molecule has 0 aliphatic rings. The topological polar surface area (TPSA) is 185 Å². The van der Waals surface area contributed by atoms with Crippen molar-refractivity contribution in [3.8, 4) is 0 Å². The highest BCUT2D eigenvalue weighted by atomic mass is 32.2. The molecule has 0 spiro atoms. The Labute approximate surface area is 219 Å². The standard InChI is InChI=1S/C24H30FN5O7S/c1-16-5-6-17(2)18(12-16)13-23(28-21-8-7-19(14-20(21)25)38(27,33)34)29-22(26)15-36-24(31)4-3-9-35-10-11-37-30-32/h5-8,12,14H,3-4,9-11,13,15H2,1-2H3,(H2,26,28,29)(H2,27,33,34). The van der Waals surface area contributed by atoms with Crippen molar-refractivity contribution in [2.45, 2.75) is 38.0 Å². The average Bonchev–Trinajstić information content (AvgIpc) is 2.85. The van der Waals surface area contributed by atoms with E-state index >= 15 is 0 Å². The van der Waals surface area contributed by atoms with Crippen LogP contribution in [0, 0.1) is 24.6 Å². The van der Waals surface area contributed by atoms with E-state index in [9.17, 15) is 22.5 Å². The van der Waals surface area contributed by atoms with Crippen LogP contribution >= 0.6 is 0 Å². The first-order valence-corrected chi connectivity index (χ1v) is 13.0. The Kier molecular flexibility index (Phi) is 11.9. The second-order valence-electron chi connectivity index (χ2n) is 8.18. The number of ether oxygens (including phenoxy) is 2. The molecule has 0 bridgehead atoms. The molecule has 0 fully saturated rings. The third kappa shape index (κ3) is 10.7. The number of aliphatic imine (C=N–C) groups is 2. The molecule has 0 saturated heterocycles. The first-order chi connectivity index (χ1) is 18.0. The van der Waals surface area contributed by atoms with E-state index in [0.717, 1.165) is 28.8 Å². The van der Waals surface area contributed by atoms with Gasteiger partial charge in [0.2, 0.25) is 10.0 Å². The van der Waals surface area contributed by atoms with Crippen LogP contribution < -0.4 is 10.9 Å². The van der Waals surface area contributed by atoms with Crippen molar-refractivity contribution in [2.24, 2.45) is 26.2 Å². The van der Waals surface area contributed by atoms with Crippen molar-refractivity contribution >= 4 is 33.4 Å². The molecular weight excluding hydrogens is 521 g/mol. The summed E-state index contributed by atoms with van der Waals surface area (Å²) >= 11 is 0. The van der Waals surface area contributed by atoms with Gasteiger partial charge in [0.05, 0.1) is 11.5 Å². The number of sulfonamides is 1. The molecule has 4 N–H and O–H groups in total. The molecule has 14 heteroatoms. The molecule has 0 unspecified atom stereocenters. The lowest BCUT2D eigenvalue weighted by molar-refractivity contribution is -0.142. The van der Waals surface area contributed by atoms with Gasteiger partial charge in [0.25, 0.3) is 0 Å². The molecule has 0 aromatic heterocycles. The van der Waals surface area contributed by atoms with Crippen molar-refractivity contribution in [2.75, 3.05) is 26.4 Å².